The Balaban J connectivity index is 2.20. The first-order valence-corrected chi connectivity index (χ1v) is 5.19. The molecule has 6 heteroatoms. The molecule has 0 aliphatic rings. The molecule has 2 heterocycles. The molecule has 0 spiro atoms. The molecule has 0 radical (unpaired) electrons. The van der Waals surface area contributed by atoms with Gasteiger partial charge in [0.15, 0.2) is 5.82 Å². The first-order valence-electron chi connectivity index (χ1n) is 4.81. The lowest BCUT2D eigenvalue weighted by molar-refractivity contribution is 0.102. The zero-order valence-corrected chi connectivity index (χ0v) is 9.48. The van der Waals surface area contributed by atoms with Gasteiger partial charge in [-0.3, -0.25) is 4.79 Å². The van der Waals surface area contributed by atoms with Gasteiger partial charge in [0, 0.05) is 6.20 Å². The maximum Gasteiger partial charge on any atom is 0.275 e. The molecule has 0 aliphatic carbocycles. The highest BCUT2D eigenvalue weighted by molar-refractivity contribution is 6.33. The average Bonchev–Trinajstić information content (AvgIpc) is 2.32. The van der Waals surface area contributed by atoms with Crippen molar-refractivity contribution in [2.45, 2.75) is 0 Å². The first kappa shape index (κ1) is 11.3. The molecule has 0 unspecified atom stereocenters. The minimum Gasteiger partial charge on any atom is -0.384 e. The highest BCUT2D eigenvalue weighted by atomic mass is 35.5. The Morgan fingerprint density at radius 2 is 2.12 bits per heavy atom. The standard InChI is InChI=1S/C11H9ClN4O/c12-7-3-2-6-14-10(7)16-11(17)8-4-1-5-9(13)15-8/h1-6H,(H2,13,15)(H,14,16,17). The summed E-state index contributed by atoms with van der Waals surface area (Å²) < 4.78 is 0. The van der Waals surface area contributed by atoms with Gasteiger partial charge in [0.1, 0.15) is 11.5 Å². The molecule has 0 aliphatic heterocycles. The number of carbonyl (C=O) groups is 1. The molecule has 0 saturated carbocycles. The molecule has 0 saturated heterocycles. The van der Waals surface area contributed by atoms with Crippen molar-refractivity contribution < 1.29 is 4.79 Å². The van der Waals surface area contributed by atoms with E-state index in [4.69, 9.17) is 17.3 Å². The first-order chi connectivity index (χ1) is 8.16. The van der Waals surface area contributed by atoms with E-state index in [-0.39, 0.29) is 11.5 Å². The third-order valence-electron chi connectivity index (χ3n) is 1.99. The van der Waals surface area contributed by atoms with Crippen molar-refractivity contribution in [1.29, 1.82) is 0 Å². The highest BCUT2D eigenvalue weighted by Gasteiger charge is 2.10. The summed E-state index contributed by atoms with van der Waals surface area (Å²) in [5.41, 5.74) is 5.70. The van der Waals surface area contributed by atoms with Crippen molar-refractivity contribution in [3.8, 4) is 0 Å². The van der Waals surface area contributed by atoms with E-state index in [1.54, 1.807) is 30.3 Å². The average molecular weight is 249 g/mol. The van der Waals surface area contributed by atoms with Gasteiger partial charge >= 0.3 is 0 Å². The lowest BCUT2D eigenvalue weighted by Gasteiger charge is -2.05. The molecule has 0 bridgehead atoms. The number of halogens is 1. The summed E-state index contributed by atoms with van der Waals surface area (Å²) in [6.07, 6.45) is 1.54. The van der Waals surface area contributed by atoms with Crippen molar-refractivity contribution in [3.63, 3.8) is 0 Å². The van der Waals surface area contributed by atoms with Crippen molar-refractivity contribution in [1.82, 2.24) is 9.97 Å². The summed E-state index contributed by atoms with van der Waals surface area (Å²) >= 11 is 5.86. The number of nitrogens with one attached hydrogen (secondary N) is 1. The smallest absolute Gasteiger partial charge is 0.275 e. The third-order valence-corrected chi connectivity index (χ3v) is 2.30. The predicted octanol–water partition coefficient (Wildman–Crippen LogP) is 1.96. The number of nitrogen functional groups attached to an aromatic ring is 1. The van der Waals surface area contributed by atoms with Gasteiger partial charge in [-0.1, -0.05) is 17.7 Å². The zero-order chi connectivity index (χ0) is 12.3. The summed E-state index contributed by atoms with van der Waals surface area (Å²) in [4.78, 5) is 19.6. The summed E-state index contributed by atoms with van der Waals surface area (Å²) in [6.45, 7) is 0. The van der Waals surface area contributed by atoms with Crippen LogP contribution in [0.1, 0.15) is 10.5 Å². The highest BCUT2D eigenvalue weighted by Crippen LogP contribution is 2.17. The van der Waals surface area contributed by atoms with Crippen LogP contribution in [0.25, 0.3) is 0 Å². The van der Waals surface area contributed by atoms with Crippen molar-refractivity contribution >= 4 is 29.1 Å². The topological polar surface area (TPSA) is 80.9 Å². The molecule has 17 heavy (non-hydrogen) atoms. The Bertz CT molecular complexity index is 559. The molecular weight excluding hydrogens is 240 g/mol. The third kappa shape index (κ3) is 2.70. The zero-order valence-electron chi connectivity index (χ0n) is 8.72. The second-order valence-electron chi connectivity index (χ2n) is 3.24. The normalized spacial score (nSPS) is 9.94. The van der Waals surface area contributed by atoms with Gasteiger partial charge in [0.05, 0.1) is 5.02 Å². The Hall–Kier alpha value is -2.14. The van der Waals surface area contributed by atoms with Gasteiger partial charge in [-0.05, 0) is 24.3 Å². The summed E-state index contributed by atoms with van der Waals surface area (Å²) in [7, 11) is 0. The van der Waals surface area contributed by atoms with E-state index in [0.29, 0.717) is 10.8 Å². The van der Waals surface area contributed by atoms with Crippen LogP contribution in [0.15, 0.2) is 36.5 Å². The second-order valence-corrected chi connectivity index (χ2v) is 3.64. The fraction of sp³-hybridized carbons (Fsp3) is 0. The fourth-order valence-electron chi connectivity index (χ4n) is 1.23. The molecule has 0 aromatic carbocycles. The molecule has 0 atom stereocenters. The van der Waals surface area contributed by atoms with E-state index in [1.165, 1.54) is 6.20 Å². The van der Waals surface area contributed by atoms with Crippen LogP contribution in [0, 0.1) is 0 Å². The summed E-state index contributed by atoms with van der Waals surface area (Å²) in [5.74, 6) is 0.172. The number of aromatic nitrogens is 2. The van der Waals surface area contributed by atoms with Crippen LogP contribution in [0.3, 0.4) is 0 Å². The molecule has 2 rings (SSSR count). The minimum absolute atomic E-state index is 0.215. The van der Waals surface area contributed by atoms with Crippen LogP contribution in [0.4, 0.5) is 11.6 Å². The van der Waals surface area contributed by atoms with E-state index in [9.17, 15) is 4.79 Å². The van der Waals surface area contributed by atoms with E-state index in [1.807, 2.05) is 0 Å². The summed E-state index contributed by atoms with van der Waals surface area (Å²) in [5, 5.41) is 2.92. The lowest BCUT2D eigenvalue weighted by Crippen LogP contribution is -2.15. The van der Waals surface area contributed by atoms with Crippen molar-refractivity contribution in [2.24, 2.45) is 0 Å². The Morgan fingerprint density at radius 3 is 2.82 bits per heavy atom. The van der Waals surface area contributed by atoms with Crippen LogP contribution in [-0.2, 0) is 0 Å². The van der Waals surface area contributed by atoms with Crippen LogP contribution in [-0.4, -0.2) is 15.9 Å². The molecule has 3 N–H and O–H groups in total. The van der Waals surface area contributed by atoms with Gasteiger partial charge in [-0.25, -0.2) is 9.97 Å². The Morgan fingerprint density at radius 1 is 1.29 bits per heavy atom. The van der Waals surface area contributed by atoms with E-state index in [2.05, 4.69) is 15.3 Å². The molecule has 2 aromatic rings. The van der Waals surface area contributed by atoms with Crippen LogP contribution >= 0.6 is 11.6 Å². The van der Waals surface area contributed by atoms with E-state index in [0.717, 1.165) is 0 Å². The molecule has 1 amide bonds. The van der Waals surface area contributed by atoms with Gasteiger partial charge in [0.25, 0.3) is 5.91 Å². The van der Waals surface area contributed by atoms with Gasteiger partial charge in [-0.15, -0.1) is 0 Å². The number of carbonyl (C=O) groups excluding carboxylic acids is 1. The number of nitrogens with zero attached hydrogens (tertiary/aromatic N) is 2. The largest absolute Gasteiger partial charge is 0.384 e. The van der Waals surface area contributed by atoms with Gasteiger partial charge in [0.2, 0.25) is 0 Å². The van der Waals surface area contributed by atoms with Crippen LogP contribution < -0.4 is 11.1 Å². The van der Waals surface area contributed by atoms with E-state index >= 15 is 0 Å². The molecule has 0 fully saturated rings. The van der Waals surface area contributed by atoms with Crippen molar-refractivity contribution in [2.75, 3.05) is 11.1 Å². The number of rotatable bonds is 2. The van der Waals surface area contributed by atoms with Gasteiger partial charge in [-0.2, -0.15) is 0 Å². The molecular formula is C11H9ClN4O. The SMILES string of the molecule is Nc1cccc(C(=O)Nc2ncccc2Cl)n1. The van der Waals surface area contributed by atoms with Crippen LogP contribution in [0.2, 0.25) is 5.02 Å². The van der Waals surface area contributed by atoms with E-state index < -0.39 is 5.91 Å². The number of nitrogens with two attached hydrogens (primary N) is 1. The molecule has 2 aromatic heterocycles. The number of anilines is 2. The number of pyridine rings is 2. The van der Waals surface area contributed by atoms with Crippen molar-refractivity contribution in [3.05, 3.63) is 47.2 Å². The number of hydrogen-bond donors (Lipinski definition) is 2. The Kier molecular flexibility index (Phi) is 3.20. The molecule has 5 nitrogen and oxygen atoms in total. The minimum atomic E-state index is -0.405. The van der Waals surface area contributed by atoms with Crippen LogP contribution in [0.5, 0.6) is 0 Å². The maximum atomic E-state index is 11.8. The number of hydrogen-bond acceptors (Lipinski definition) is 4. The molecule has 86 valence electrons. The van der Waals surface area contributed by atoms with Gasteiger partial charge < -0.3 is 11.1 Å². The summed E-state index contributed by atoms with van der Waals surface area (Å²) in [6, 6.07) is 8.12. The maximum absolute atomic E-state index is 11.8. The fourth-order valence-corrected chi connectivity index (χ4v) is 1.40. The quantitative estimate of drug-likeness (QED) is 0.851. The Labute approximate surface area is 103 Å². The monoisotopic (exact) mass is 248 g/mol. The second kappa shape index (κ2) is 4.80. The number of amides is 1. The lowest BCUT2D eigenvalue weighted by atomic mass is 10.3. The predicted molar refractivity (Wildman–Crippen MR) is 65.8 cm³/mol.